The Bertz CT molecular complexity index is 478. The average Bonchev–Trinajstić information content (AvgIpc) is 2.00. The van der Waals surface area contributed by atoms with Crippen LogP contribution in [-0.2, 0) is 10.1 Å². The molecule has 0 radical (unpaired) electrons. The first-order chi connectivity index (χ1) is 6.75. The molecule has 0 amide bonds. The summed E-state index contributed by atoms with van der Waals surface area (Å²) in [6.07, 6.45) is 0. The molecular weight excluding hydrogens is 280 g/mol. The van der Waals surface area contributed by atoms with Gasteiger partial charge >= 0.3 is 0 Å². The Labute approximate surface area is 98.4 Å². The van der Waals surface area contributed by atoms with E-state index in [1.54, 1.807) is 13.0 Å². The van der Waals surface area contributed by atoms with Gasteiger partial charge in [-0.25, -0.2) is 0 Å². The van der Waals surface area contributed by atoms with Crippen LogP contribution in [0.4, 0.5) is 0 Å². The molecule has 3 nitrogen and oxygen atoms in total. The van der Waals surface area contributed by atoms with Gasteiger partial charge in [-0.2, -0.15) is 8.42 Å². The molecule has 0 aliphatic rings. The third kappa shape index (κ3) is 2.59. The molecule has 0 atom stereocenters. The summed E-state index contributed by atoms with van der Waals surface area (Å²) in [5.41, 5.74) is 1.40. The fourth-order valence-corrected chi connectivity index (χ4v) is 3.77. The summed E-state index contributed by atoms with van der Waals surface area (Å²) in [6, 6.07) is 3.56. The molecule has 0 aromatic heterocycles. The zero-order chi connectivity index (χ0) is 11.8. The SMILES string of the molecule is Cc1ccc(C(C)C)c(Br)c1S(=O)(=O)O. The first-order valence-electron chi connectivity index (χ1n) is 4.51. The summed E-state index contributed by atoms with van der Waals surface area (Å²) >= 11 is 3.23. The molecule has 1 aromatic rings. The van der Waals surface area contributed by atoms with E-state index in [0.29, 0.717) is 10.0 Å². The molecule has 84 valence electrons. The Kier molecular flexibility index (Phi) is 3.58. The van der Waals surface area contributed by atoms with Gasteiger partial charge in [0, 0.05) is 4.47 Å². The number of aryl methyl sites for hydroxylation is 1. The summed E-state index contributed by atoms with van der Waals surface area (Å²) < 4.78 is 31.9. The Morgan fingerprint density at radius 3 is 2.27 bits per heavy atom. The Balaban J connectivity index is 3.59. The van der Waals surface area contributed by atoms with Crippen molar-refractivity contribution in [2.24, 2.45) is 0 Å². The predicted octanol–water partition coefficient (Wildman–Crippen LogP) is 3.13. The average molecular weight is 293 g/mol. The minimum atomic E-state index is -4.17. The minimum Gasteiger partial charge on any atom is -0.282 e. The molecule has 1 N–H and O–H groups in total. The van der Waals surface area contributed by atoms with Crippen molar-refractivity contribution in [3.8, 4) is 0 Å². The molecule has 0 saturated heterocycles. The number of hydrogen-bond donors (Lipinski definition) is 1. The van der Waals surface area contributed by atoms with Crippen LogP contribution in [0.3, 0.4) is 0 Å². The van der Waals surface area contributed by atoms with Crippen molar-refractivity contribution in [1.29, 1.82) is 0 Å². The largest absolute Gasteiger partial charge is 0.295 e. The number of benzene rings is 1. The van der Waals surface area contributed by atoms with Crippen molar-refractivity contribution in [2.45, 2.75) is 31.6 Å². The molecule has 1 aromatic carbocycles. The van der Waals surface area contributed by atoms with Gasteiger partial charge in [0.05, 0.1) is 0 Å². The van der Waals surface area contributed by atoms with Crippen LogP contribution in [0.1, 0.15) is 30.9 Å². The second-order valence-corrected chi connectivity index (χ2v) is 5.90. The van der Waals surface area contributed by atoms with E-state index in [1.807, 2.05) is 19.9 Å². The lowest BCUT2D eigenvalue weighted by molar-refractivity contribution is 0.481. The number of rotatable bonds is 2. The zero-order valence-corrected chi connectivity index (χ0v) is 11.2. The van der Waals surface area contributed by atoms with Gasteiger partial charge in [-0.1, -0.05) is 26.0 Å². The molecule has 1 rings (SSSR count). The third-order valence-corrected chi connectivity index (χ3v) is 4.36. The van der Waals surface area contributed by atoms with Crippen LogP contribution in [0.25, 0.3) is 0 Å². The van der Waals surface area contributed by atoms with Crippen LogP contribution in [0, 0.1) is 6.92 Å². The second-order valence-electron chi connectivity index (χ2n) is 3.74. The molecule has 5 heteroatoms. The fraction of sp³-hybridized carbons (Fsp3) is 0.400. The minimum absolute atomic E-state index is 0.0336. The van der Waals surface area contributed by atoms with Gasteiger partial charge in [0.1, 0.15) is 4.90 Å². The maximum absolute atomic E-state index is 11.2. The highest BCUT2D eigenvalue weighted by Gasteiger charge is 2.20. The van der Waals surface area contributed by atoms with Crippen LogP contribution in [0.15, 0.2) is 21.5 Å². The van der Waals surface area contributed by atoms with Crippen molar-refractivity contribution < 1.29 is 13.0 Å². The Morgan fingerprint density at radius 1 is 1.33 bits per heavy atom. The first kappa shape index (κ1) is 12.7. The monoisotopic (exact) mass is 292 g/mol. The number of hydrogen-bond acceptors (Lipinski definition) is 2. The van der Waals surface area contributed by atoms with Crippen LogP contribution in [0.5, 0.6) is 0 Å². The van der Waals surface area contributed by atoms with E-state index in [0.717, 1.165) is 5.56 Å². The molecule has 0 bridgehead atoms. The maximum Gasteiger partial charge on any atom is 0.295 e. The second kappa shape index (κ2) is 4.23. The smallest absolute Gasteiger partial charge is 0.282 e. The Hall–Kier alpha value is -0.390. The van der Waals surface area contributed by atoms with E-state index in [4.69, 9.17) is 4.55 Å². The molecule has 0 saturated carbocycles. The molecule has 15 heavy (non-hydrogen) atoms. The normalized spacial score (nSPS) is 12.1. The zero-order valence-electron chi connectivity index (χ0n) is 8.78. The van der Waals surface area contributed by atoms with Crippen molar-refractivity contribution >= 4 is 26.0 Å². The summed E-state index contributed by atoms with van der Waals surface area (Å²) in [7, 11) is -4.17. The van der Waals surface area contributed by atoms with Crippen LogP contribution >= 0.6 is 15.9 Å². The molecular formula is C10H13BrO3S. The van der Waals surface area contributed by atoms with Crippen molar-refractivity contribution in [2.75, 3.05) is 0 Å². The van der Waals surface area contributed by atoms with Crippen LogP contribution in [-0.4, -0.2) is 13.0 Å². The molecule has 0 aliphatic heterocycles. The fourth-order valence-electron chi connectivity index (χ4n) is 1.43. The highest BCUT2D eigenvalue weighted by atomic mass is 79.9. The number of halogens is 1. The highest BCUT2D eigenvalue weighted by Crippen LogP contribution is 2.32. The maximum atomic E-state index is 11.2. The van der Waals surface area contributed by atoms with Gasteiger partial charge in [-0.15, -0.1) is 0 Å². The topological polar surface area (TPSA) is 54.4 Å². The van der Waals surface area contributed by atoms with Gasteiger partial charge in [0.2, 0.25) is 0 Å². The summed E-state index contributed by atoms with van der Waals surface area (Å²) in [4.78, 5) is -0.0336. The summed E-state index contributed by atoms with van der Waals surface area (Å²) in [6.45, 7) is 5.57. The van der Waals surface area contributed by atoms with Crippen molar-refractivity contribution in [1.82, 2.24) is 0 Å². The van der Waals surface area contributed by atoms with Gasteiger partial charge in [0.25, 0.3) is 10.1 Å². The van der Waals surface area contributed by atoms with E-state index in [1.165, 1.54) is 0 Å². The van der Waals surface area contributed by atoms with Gasteiger partial charge < -0.3 is 0 Å². The highest BCUT2D eigenvalue weighted by molar-refractivity contribution is 9.10. The van der Waals surface area contributed by atoms with Crippen LogP contribution < -0.4 is 0 Å². The standard InChI is InChI=1S/C10H13BrO3S/c1-6(2)8-5-4-7(3)10(9(8)11)15(12,13)14/h4-6H,1-3H3,(H,12,13,14). The molecule has 0 fully saturated rings. The van der Waals surface area contributed by atoms with Crippen LogP contribution in [0.2, 0.25) is 0 Å². The van der Waals surface area contributed by atoms with E-state index in [-0.39, 0.29) is 10.8 Å². The van der Waals surface area contributed by atoms with Gasteiger partial charge in [-0.05, 0) is 39.9 Å². The third-order valence-electron chi connectivity index (χ3n) is 2.20. The predicted molar refractivity (Wildman–Crippen MR) is 62.8 cm³/mol. The van der Waals surface area contributed by atoms with Crippen molar-refractivity contribution in [3.63, 3.8) is 0 Å². The van der Waals surface area contributed by atoms with E-state index in [9.17, 15) is 8.42 Å². The molecule has 0 spiro atoms. The van der Waals surface area contributed by atoms with Gasteiger partial charge in [-0.3, -0.25) is 4.55 Å². The molecule has 0 heterocycles. The lowest BCUT2D eigenvalue weighted by Gasteiger charge is -2.13. The summed E-state index contributed by atoms with van der Waals surface area (Å²) in [5.74, 6) is 0.195. The lowest BCUT2D eigenvalue weighted by atomic mass is 10.0. The molecule has 0 aliphatic carbocycles. The van der Waals surface area contributed by atoms with E-state index in [2.05, 4.69) is 15.9 Å². The Morgan fingerprint density at radius 2 is 1.87 bits per heavy atom. The van der Waals surface area contributed by atoms with Gasteiger partial charge in [0.15, 0.2) is 0 Å². The summed E-state index contributed by atoms with van der Waals surface area (Å²) in [5, 5.41) is 0. The lowest BCUT2D eigenvalue weighted by Crippen LogP contribution is -2.05. The van der Waals surface area contributed by atoms with E-state index >= 15 is 0 Å². The first-order valence-corrected chi connectivity index (χ1v) is 6.75. The molecule has 0 unspecified atom stereocenters. The van der Waals surface area contributed by atoms with E-state index < -0.39 is 10.1 Å². The quantitative estimate of drug-likeness (QED) is 0.852. The van der Waals surface area contributed by atoms with Crippen molar-refractivity contribution in [3.05, 3.63) is 27.7 Å².